The fourth-order valence-corrected chi connectivity index (χ4v) is 2.84. The van der Waals surface area contributed by atoms with E-state index in [0.717, 1.165) is 18.7 Å². The smallest absolute Gasteiger partial charge is 0.237 e. The van der Waals surface area contributed by atoms with Crippen molar-refractivity contribution in [2.75, 3.05) is 32.7 Å². The molecule has 1 aromatic rings. The highest BCUT2D eigenvalue weighted by molar-refractivity contribution is 5.81. The Morgan fingerprint density at radius 1 is 1.21 bits per heavy atom. The van der Waals surface area contributed by atoms with Gasteiger partial charge in [-0.05, 0) is 19.4 Å². The number of rotatable bonds is 6. The Morgan fingerprint density at radius 2 is 1.83 bits per heavy atom. The van der Waals surface area contributed by atoms with Crippen molar-refractivity contribution in [2.24, 2.45) is 0 Å². The Morgan fingerprint density at radius 3 is 2.42 bits per heavy atom. The molecule has 0 bridgehead atoms. The molecule has 0 aliphatic carbocycles. The molecule has 0 radical (unpaired) electrons. The predicted octanol–water partition coefficient (Wildman–Crippen LogP) is 1.37. The number of hydrogen-bond acceptors (Lipinski definition) is 3. The lowest BCUT2D eigenvalue weighted by molar-refractivity contribution is -0.133. The topological polar surface area (TPSA) is 52.7 Å². The molecule has 1 fully saturated rings. The van der Waals surface area contributed by atoms with Crippen LogP contribution in [0.3, 0.4) is 0 Å². The van der Waals surface area contributed by atoms with E-state index in [-0.39, 0.29) is 17.9 Å². The van der Waals surface area contributed by atoms with E-state index in [4.69, 9.17) is 0 Å². The van der Waals surface area contributed by atoms with E-state index in [0.29, 0.717) is 26.1 Å². The molecule has 0 saturated carbocycles. The summed E-state index contributed by atoms with van der Waals surface area (Å²) in [6.07, 6.45) is 2.11. The molecule has 1 aliphatic heterocycles. The van der Waals surface area contributed by atoms with Gasteiger partial charge in [0.15, 0.2) is 0 Å². The lowest BCUT2D eigenvalue weighted by Crippen LogP contribution is -2.55. The number of carbonyl (C=O) groups is 2. The molecule has 2 rings (SSSR count). The molecule has 5 nitrogen and oxygen atoms in total. The van der Waals surface area contributed by atoms with Crippen LogP contribution in [-0.4, -0.2) is 60.4 Å². The summed E-state index contributed by atoms with van der Waals surface area (Å²) in [4.78, 5) is 28.4. The fraction of sp³-hybridized carbons (Fsp3) is 0.474. The minimum atomic E-state index is -0.181. The number of hydrogen-bond donors (Lipinski definition) is 1. The van der Waals surface area contributed by atoms with Crippen molar-refractivity contribution in [1.82, 2.24) is 15.1 Å². The molecule has 130 valence electrons. The zero-order valence-corrected chi connectivity index (χ0v) is 14.6. The molecule has 5 heteroatoms. The van der Waals surface area contributed by atoms with Crippen LogP contribution in [0, 0.1) is 6.92 Å². The summed E-state index contributed by atoms with van der Waals surface area (Å²) < 4.78 is 0. The largest absolute Gasteiger partial charge is 0.351 e. The van der Waals surface area contributed by atoms with Gasteiger partial charge in [0, 0.05) is 32.7 Å². The monoisotopic (exact) mass is 329 g/mol. The molecule has 0 aromatic heterocycles. The van der Waals surface area contributed by atoms with Crippen LogP contribution in [0.15, 0.2) is 36.9 Å². The van der Waals surface area contributed by atoms with Crippen molar-refractivity contribution in [2.45, 2.75) is 26.3 Å². The van der Waals surface area contributed by atoms with Crippen LogP contribution in [-0.2, 0) is 16.0 Å². The molecule has 1 saturated heterocycles. The Balaban J connectivity index is 1.81. The number of carbonyl (C=O) groups excluding carboxylic acids is 2. The van der Waals surface area contributed by atoms with Crippen LogP contribution in [0.2, 0.25) is 0 Å². The molecule has 1 N–H and O–H groups in total. The third-order valence-corrected chi connectivity index (χ3v) is 4.49. The lowest BCUT2D eigenvalue weighted by Gasteiger charge is -2.37. The van der Waals surface area contributed by atoms with Gasteiger partial charge in [-0.25, -0.2) is 0 Å². The van der Waals surface area contributed by atoms with Crippen molar-refractivity contribution < 1.29 is 9.59 Å². The highest BCUT2D eigenvalue weighted by atomic mass is 16.2. The minimum absolute atomic E-state index is 0.00864. The maximum Gasteiger partial charge on any atom is 0.237 e. The van der Waals surface area contributed by atoms with Crippen LogP contribution in [0.1, 0.15) is 18.1 Å². The summed E-state index contributed by atoms with van der Waals surface area (Å²) in [5.74, 6) is 0.164. The molecular weight excluding hydrogens is 302 g/mol. The van der Waals surface area contributed by atoms with Crippen LogP contribution >= 0.6 is 0 Å². The number of benzene rings is 1. The fourth-order valence-electron chi connectivity index (χ4n) is 2.84. The molecule has 24 heavy (non-hydrogen) atoms. The quantitative estimate of drug-likeness (QED) is 0.802. The van der Waals surface area contributed by atoms with Gasteiger partial charge in [0.2, 0.25) is 11.8 Å². The zero-order chi connectivity index (χ0) is 17.5. The second kappa shape index (κ2) is 8.64. The molecule has 1 heterocycles. The van der Waals surface area contributed by atoms with E-state index < -0.39 is 0 Å². The van der Waals surface area contributed by atoms with Crippen molar-refractivity contribution in [3.05, 3.63) is 48.0 Å². The van der Waals surface area contributed by atoms with Crippen molar-refractivity contribution in [1.29, 1.82) is 0 Å². The number of nitrogens with zero attached hydrogens (tertiary/aromatic N) is 2. The predicted molar refractivity (Wildman–Crippen MR) is 95.7 cm³/mol. The Bertz CT molecular complexity index is 575. The van der Waals surface area contributed by atoms with Gasteiger partial charge < -0.3 is 10.2 Å². The second-order valence-corrected chi connectivity index (χ2v) is 6.29. The lowest BCUT2D eigenvalue weighted by atomic mass is 10.1. The Hall–Kier alpha value is -2.14. The summed E-state index contributed by atoms with van der Waals surface area (Å²) in [5, 5.41) is 2.82. The molecule has 1 aliphatic rings. The first-order valence-corrected chi connectivity index (χ1v) is 8.47. The number of nitrogens with one attached hydrogen (secondary N) is 1. The van der Waals surface area contributed by atoms with Crippen molar-refractivity contribution in [3.63, 3.8) is 0 Å². The average molecular weight is 329 g/mol. The number of piperazine rings is 1. The van der Waals surface area contributed by atoms with Gasteiger partial charge in [0.05, 0.1) is 12.5 Å². The van der Waals surface area contributed by atoms with E-state index in [1.807, 2.05) is 43.0 Å². The maximum absolute atomic E-state index is 12.4. The molecule has 1 atom stereocenters. The molecule has 1 aromatic carbocycles. The van der Waals surface area contributed by atoms with Crippen LogP contribution in [0.25, 0.3) is 0 Å². The summed E-state index contributed by atoms with van der Waals surface area (Å²) in [6, 6.07) is 7.90. The van der Waals surface area contributed by atoms with Crippen molar-refractivity contribution >= 4 is 11.8 Å². The average Bonchev–Trinajstić information content (AvgIpc) is 2.61. The van der Waals surface area contributed by atoms with E-state index in [2.05, 4.69) is 16.8 Å². The van der Waals surface area contributed by atoms with E-state index in [1.54, 1.807) is 6.08 Å². The summed E-state index contributed by atoms with van der Waals surface area (Å²) in [5.41, 5.74) is 2.24. The third kappa shape index (κ3) is 4.93. The van der Waals surface area contributed by atoms with Gasteiger partial charge >= 0.3 is 0 Å². The molecule has 2 amide bonds. The van der Waals surface area contributed by atoms with E-state index in [9.17, 15) is 9.59 Å². The Labute approximate surface area is 144 Å². The highest BCUT2D eigenvalue weighted by Gasteiger charge is 2.27. The standard InChI is InChI=1S/C19H27N3O2/c1-4-9-20-19(24)16(3)21-10-12-22(13-11-21)18(23)14-17-7-5-15(2)6-8-17/h4-8,16H,1,9-14H2,2-3H3,(H,20,24). The van der Waals surface area contributed by atoms with Gasteiger partial charge in [-0.1, -0.05) is 35.9 Å². The normalized spacial score (nSPS) is 16.5. The number of amides is 2. The van der Waals surface area contributed by atoms with Crippen molar-refractivity contribution in [3.8, 4) is 0 Å². The summed E-state index contributed by atoms with van der Waals surface area (Å²) >= 11 is 0. The first-order chi connectivity index (χ1) is 11.5. The van der Waals surface area contributed by atoms with Gasteiger partial charge in [-0.15, -0.1) is 6.58 Å². The third-order valence-electron chi connectivity index (χ3n) is 4.49. The second-order valence-electron chi connectivity index (χ2n) is 6.29. The number of aryl methyl sites for hydroxylation is 1. The van der Waals surface area contributed by atoms with Crippen LogP contribution in [0.4, 0.5) is 0 Å². The van der Waals surface area contributed by atoms with Crippen LogP contribution in [0.5, 0.6) is 0 Å². The van der Waals surface area contributed by atoms with Gasteiger partial charge in [-0.3, -0.25) is 14.5 Å². The highest BCUT2D eigenvalue weighted by Crippen LogP contribution is 2.10. The first-order valence-electron chi connectivity index (χ1n) is 8.47. The molecular formula is C19H27N3O2. The minimum Gasteiger partial charge on any atom is -0.351 e. The molecule has 1 unspecified atom stereocenters. The molecule has 0 spiro atoms. The summed E-state index contributed by atoms with van der Waals surface area (Å²) in [7, 11) is 0. The summed E-state index contributed by atoms with van der Waals surface area (Å²) in [6.45, 7) is 10.8. The first kappa shape index (κ1) is 18.2. The SMILES string of the molecule is C=CCNC(=O)C(C)N1CCN(C(=O)Cc2ccc(C)cc2)CC1. The van der Waals surface area contributed by atoms with Gasteiger partial charge in [-0.2, -0.15) is 0 Å². The van der Waals surface area contributed by atoms with E-state index >= 15 is 0 Å². The Kier molecular flexibility index (Phi) is 6.55. The van der Waals surface area contributed by atoms with Gasteiger partial charge in [0.25, 0.3) is 0 Å². The van der Waals surface area contributed by atoms with E-state index in [1.165, 1.54) is 5.56 Å². The van der Waals surface area contributed by atoms with Gasteiger partial charge in [0.1, 0.15) is 0 Å². The van der Waals surface area contributed by atoms with Crippen LogP contribution < -0.4 is 5.32 Å². The maximum atomic E-state index is 12.4. The zero-order valence-electron chi connectivity index (χ0n) is 14.6.